The van der Waals surface area contributed by atoms with Crippen LogP contribution in [0.15, 0.2) is 18.2 Å². The SMILES string of the molecule is CCOc1ccc([N+](=O)[O-])cc1C(=O)N1CCOCC1. The minimum Gasteiger partial charge on any atom is -0.493 e. The third-order valence-electron chi connectivity index (χ3n) is 3.00. The molecule has 2 rings (SSSR count). The number of nitrogens with zero attached hydrogens (tertiary/aromatic N) is 2. The molecule has 0 bridgehead atoms. The van der Waals surface area contributed by atoms with Gasteiger partial charge in [-0.1, -0.05) is 0 Å². The quantitative estimate of drug-likeness (QED) is 0.616. The first-order chi connectivity index (χ1) is 9.63. The maximum Gasteiger partial charge on any atom is 0.270 e. The number of hydrogen-bond donors (Lipinski definition) is 0. The average Bonchev–Trinajstić information content (AvgIpc) is 2.48. The van der Waals surface area contributed by atoms with E-state index in [4.69, 9.17) is 9.47 Å². The van der Waals surface area contributed by atoms with E-state index in [2.05, 4.69) is 0 Å². The lowest BCUT2D eigenvalue weighted by Gasteiger charge is -2.27. The van der Waals surface area contributed by atoms with Crippen molar-refractivity contribution >= 4 is 11.6 Å². The third-order valence-corrected chi connectivity index (χ3v) is 3.00. The Hall–Kier alpha value is -2.15. The Morgan fingerprint density at radius 1 is 1.45 bits per heavy atom. The van der Waals surface area contributed by atoms with Gasteiger partial charge in [0.2, 0.25) is 0 Å². The van der Waals surface area contributed by atoms with Crippen LogP contribution in [0.3, 0.4) is 0 Å². The lowest BCUT2D eigenvalue weighted by molar-refractivity contribution is -0.384. The third kappa shape index (κ3) is 3.05. The summed E-state index contributed by atoms with van der Waals surface area (Å²) in [4.78, 5) is 24.4. The Balaban J connectivity index is 2.32. The molecule has 0 atom stereocenters. The molecule has 1 amide bonds. The van der Waals surface area contributed by atoms with E-state index in [-0.39, 0.29) is 17.2 Å². The first-order valence-corrected chi connectivity index (χ1v) is 6.41. The van der Waals surface area contributed by atoms with E-state index in [1.165, 1.54) is 18.2 Å². The summed E-state index contributed by atoms with van der Waals surface area (Å²) >= 11 is 0. The number of carbonyl (C=O) groups excluding carboxylic acids is 1. The monoisotopic (exact) mass is 280 g/mol. The zero-order valence-corrected chi connectivity index (χ0v) is 11.2. The zero-order chi connectivity index (χ0) is 14.5. The molecule has 0 spiro atoms. The second-order valence-corrected chi connectivity index (χ2v) is 4.28. The van der Waals surface area contributed by atoms with E-state index >= 15 is 0 Å². The van der Waals surface area contributed by atoms with Gasteiger partial charge in [-0.3, -0.25) is 14.9 Å². The van der Waals surface area contributed by atoms with Crippen LogP contribution in [0.1, 0.15) is 17.3 Å². The summed E-state index contributed by atoms with van der Waals surface area (Å²) in [5.41, 5.74) is 0.105. The van der Waals surface area contributed by atoms with Gasteiger partial charge in [-0.25, -0.2) is 0 Å². The van der Waals surface area contributed by atoms with Gasteiger partial charge in [0, 0.05) is 25.2 Å². The van der Waals surface area contributed by atoms with Gasteiger partial charge in [-0.2, -0.15) is 0 Å². The molecule has 7 nitrogen and oxygen atoms in total. The molecule has 0 radical (unpaired) electrons. The largest absolute Gasteiger partial charge is 0.493 e. The van der Waals surface area contributed by atoms with Gasteiger partial charge in [0.25, 0.3) is 11.6 Å². The number of morpholine rings is 1. The van der Waals surface area contributed by atoms with Gasteiger partial charge in [0.1, 0.15) is 5.75 Å². The molecule has 108 valence electrons. The van der Waals surface area contributed by atoms with Crippen LogP contribution in [-0.4, -0.2) is 48.6 Å². The maximum atomic E-state index is 12.4. The Bertz CT molecular complexity index is 511. The lowest BCUT2D eigenvalue weighted by atomic mass is 10.1. The maximum absolute atomic E-state index is 12.4. The number of ether oxygens (including phenoxy) is 2. The van der Waals surface area contributed by atoms with Crippen LogP contribution >= 0.6 is 0 Å². The standard InChI is InChI=1S/C13H16N2O5/c1-2-20-12-4-3-10(15(17)18)9-11(12)13(16)14-5-7-19-8-6-14/h3-4,9H,2,5-8H2,1H3. The number of nitro groups is 1. The molecule has 1 saturated heterocycles. The summed E-state index contributed by atoms with van der Waals surface area (Å²) < 4.78 is 10.6. The van der Waals surface area contributed by atoms with Crippen LogP contribution < -0.4 is 4.74 Å². The van der Waals surface area contributed by atoms with E-state index in [1.54, 1.807) is 11.8 Å². The van der Waals surface area contributed by atoms with Crippen molar-refractivity contribution in [1.82, 2.24) is 4.90 Å². The smallest absolute Gasteiger partial charge is 0.270 e. The molecule has 0 aromatic heterocycles. The number of nitro benzene ring substituents is 1. The van der Waals surface area contributed by atoms with Crippen molar-refractivity contribution in [3.63, 3.8) is 0 Å². The lowest BCUT2D eigenvalue weighted by Crippen LogP contribution is -2.40. The molecule has 0 N–H and O–H groups in total. The zero-order valence-electron chi connectivity index (χ0n) is 11.2. The average molecular weight is 280 g/mol. The summed E-state index contributed by atoms with van der Waals surface area (Å²) in [6.45, 7) is 4.10. The first-order valence-electron chi connectivity index (χ1n) is 6.41. The number of hydrogen-bond acceptors (Lipinski definition) is 5. The molecule has 1 aliphatic rings. The van der Waals surface area contributed by atoms with Crippen molar-refractivity contribution < 1.29 is 19.2 Å². The van der Waals surface area contributed by atoms with Crippen LogP contribution in [0, 0.1) is 10.1 Å². The van der Waals surface area contributed by atoms with Crippen molar-refractivity contribution in [2.45, 2.75) is 6.92 Å². The topological polar surface area (TPSA) is 81.9 Å². The normalized spacial score (nSPS) is 14.9. The summed E-state index contributed by atoms with van der Waals surface area (Å²) in [5.74, 6) is 0.107. The molecule has 1 aliphatic heterocycles. The van der Waals surface area contributed by atoms with E-state index in [9.17, 15) is 14.9 Å². The van der Waals surface area contributed by atoms with Crippen molar-refractivity contribution in [2.24, 2.45) is 0 Å². The van der Waals surface area contributed by atoms with Gasteiger partial charge >= 0.3 is 0 Å². The van der Waals surface area contributed by atoms with Crippen LogP contribution in [0.2, 0.25) is 0 Å². The Kier molecular flexibility index (Phi) is 4.52. The van der Waals surface area contributed by atoms with Gasteiger partial charge in [0.05, 0.1) is 30.3 Å². The first kappa shape index (κ1) is 14.3. The summed E-state index contributed by atoms with van der Waals surface area (Å²) in [6.07, 6.45) is 0. The highest BCUT2D eigenvalue weighted by Gasteiger charge is 2.24. The molecule has 7 heteroatoms. The fourth-order valence-electron chi connectivity index (χ4n) is 2.02. The summed E-state index contributed by atoms with van der Waals surface area (Å²) in [7, 11) is 0. The molecular formula is C13H16N2O5. The molecule has 1 aromatic carbocycles. The minimum absolute atomic E-state index is 0.120. The van der Waals surface area contributed by atoms with Gasteiger partial charge in [-0.05, 0) is 13.0 Å². The molecule has 20 heavy (non-hydrogen) atoms. The van der Waals surface area contributed by atoms with Crippen molar-refractivity contribution in [3.05, 3.63) is 33.9 Å². The van der Waals surface area contributed by atoms with Crippen LogP contribution in [0.25, 0.3) is 0 Å². The van der Waals surface area contributed by atoms with Gasteiger partial charge < -0.3 is 14.4 Å². The molecule has 1 fully saturated rings. The molecule has 0 saturated carbocycles. The van der Waals surface area contributed by atoms with E-state index in [1.807, 2.05) is 0 Å². The number of non-ortho nitro benzene ring substituents is 1. The second kappa shape index (κ2) is 6.33. The highest BCUT2D eigenvalue weighted by Crippen LogP contribution is 2.26. The molecule has 0 aliphatic carbocycles. The van der Waals surface area contributed by atoms with Crippen molar-refractivity contribution in [3.8, 4) is 5.75 Å². The number of rotatable bonds is 4. The van der Waals surface area contributed by atoms with Gasteiger partial charge in [-0.15, -0.1) is 0 Å². The Labute approximate surface area is 116 Å². The Morgan fingerprint density at radius 3 is 2.75 bits per heavy atom. The molecule has 1 heterocycles. The highest BCUT2D eigenvalue weighted by atomic mass is 16.6. The van der Waals surface area contributed by atoms with E-state index in [0.29, 0.717) is 38.7 Å². The number of carbonyl (C=O) groups is 1. The van der Waals surface area contributed by atoms with Crippen LogP contribution in [-0.2, 0) is 4.74 Å². The Morgan fingerprint density at radius 2 is 2.15 bits per heavy atom. The van der Waals surface area contributed by atoms with E-state index < -0.39 is 4.92 Å². The fraction of sp³-hybridized carbons (Fsp3) is 0.462. The van der Waals surface area contributed by atoms with E-state index in [0.717, 1.165) is 0 Å². The fourth-order valence-corrected chi connectivity index (χ4v) is 2.02. The van der Waals surface area contributed by atoms with Crippen LogP contribution in [0.4, 0.5) is 5.69 Å². The summed E-state index contributed by atoms with van der Waals surface area (Å²) in [6, 6.07) is 4.07. The number of benzene rings is 1. The highest BCUT2D eigenvalue weighted by molar-refractivity contribution is 5.97. The van der Waals surface area contributed by atoms with Crippen LogP contribution in [0.5, 0.6) is 5.75 Å². The van der Waals surface area contributed by atoms with Crippen molar-refractivity contribution in [1.29, 1.82) is 0 Å². The predicted octanol–water partition coefficient (Wildman–Crippen LogP) is 1.47. The molecule has 1 aromatic rings. The predicted molar refractivity (Wildman–Crippen MR) is 71.0 cm³/mol. The summed E-state index contributed by atoms with van der Waals surface area (Å²) in [5, 5.41) is 10.8. The minimum atomic E-state index is -0.522. The second-order valence-electron chi connectivity index (χ2n) is 4.28. The van der Waals surface area contributed by atoms with Crippen molar-refractivity contribution in [2.75, 3.05) is 32.9 Å². The molecule has 0 unspecified atom stereocenters. The number of amides is 1. The molecular weight excluding hydrogens is 264 g/mol. The van der Waals surface area contributed by atoms with Gasteiger partial charge in [0.15, 0.2) is 0 Å².